The molecule has 0 aromatic carbocycles. The van der Waals surface area contributed by atoms with Gasteiger partial charge in [-0.05, 0) is 0 Å². The number of nitrogen functional groups attached to an aromatic ring is 1. The van der Waals surface area contributed by atoms with Crippen molar-refractivity contribution in [2.75, 3.05) is 12.8 Å². The number of hydrogen-bond acceptors (Lipinski definition) is 4. The van der Waals surface area contributed by atoms with E-state index in [1.807, 2.05) is 0 Å². The summed E-state index contributed by atoms with van der Waals surface area (Å²) in [5, 5.41) is 0. The maximum atomic E-state index is 5.21. The molecule has 47 valence electrons. The number of ether oxygens (including phenoxy) is 1. The van der Waals surface area contributed by atoms with Crippen molar-refractivity contribution < 1.29 is 4.74 Å². The summed E-state index contributed by atoms with van der Waals surface area (Å²) in [5.74, 6) is 0.563. The molecule has 4 nitrogen and oxygen atoms in total. The minimum Gasteiger partial charge on any atom is -0.480 e. The van der Waals surface area contributed by atoms with Gasteiger partial charge in [0, 0.05) is 6.20 Å². The first kappa shape index (κ1) is 5.81. The fourth-order valence-electron chi connectivity index (χ4n) is 0.423. The summed E-state index contributed by atoms with van der Waals surface area (Å²) >= 11 is 0. The largest absolute Gasteiger partial charge is 0.480 e. The number of nitrogens with two attached hydrogens (primary N) is 1. The molecule has 0 spiro atoms. The van der Waals surface area contributed by atoms with Gasteiger partial charge in [-0.3, -0.25) is 0 Å². The Morgan fingerprint density at radius 2 is 2.56 bits per heavy atom. The van der Waals surface area contributed by atoms with Crippen LogP contribution >= 0.6 is 0 Å². The first-order valence-corrected chi connectivity index (χ1v) is 2.37. The molecule has 4 heteroatoms. The lowest BCUT2D eigenvalue weighted by Crippen LogP contribution is -1.95. The lowest BCUT2D eigenvalue weighted by molar-refractivity contribution is 0.396. The van der Waals surface area contributed by atoms with Crippen LogP contribution in [0.25, 0.3) is 0 Å². The van der Waals surface area contributed by atoms with E-state index in [9.17, 15) is 0 Å². The molecule has 0 bridgehead atoms. The number of rotatable bonds is 1. The Morgan fingerprint density at radius 3 is 3.00 bits per heavy atom. The predicted octanol–water partition coefficient (Wildman–Crippen LogP) is -0.132. The number of aromatic nitrogens is 2. The van der Waals surface area contributed by atoms with Crippen LogP contribution in [0.15, 0.2) is 6.20 Å². The number of nitrogens with zero attached hydrogens (tertiary/aromatic N) is 2. The standard InChI is InChI=1S/C5H6N3O/c1-9-4-2-3-7-5(6)8-4/h3H,1H3,(H2,6,7,8). The third-order valence-corrected chi connectivity index (χ3v) is 0.794. The van der Waals surface area contributed by atoms with Crippen molar-refractivity contribution in [1.82, 2.24) is 9.97 Å². The van der Waals surface area contributed by atoms with Crippen LogP contribution in [0.2, 0.25) is 0 Å². The number of hydrogen-bond donors (Lipinski definition) is 1. The summed E-state index contributed by atoms with van der Waals surface area (Å²) in [4.78, 5) is 7.30. The van der Waals surface area contributed by atoms with Crippen LogP contribution < -0.4 is 10.5 Å². The van der Waals surface area contributed by atoms with Crippen LogP contribution in [0.4, 0.5) is 5.95 Å². The maximum absolute atomic E-state index is 5.21. The lowest BCUT2D eigenvalue weighted by Gasteiger charge is -1.94. The average molecular weight is 124 g/mol. The molecule has 1 aromatic heterocycles. The molecule has 1 rings (SSSR count). The molecule has 0 saturated carbocycles. The zero-order valence-corrected chi connectivity index (χ0v) is 4.96. The predicted molar refractivity (Wildman–Crippen MR) is 31.8 cm³/mol. The fraction of sp³-hybridized carbons (Fsp3) is 0.200. The maximum Gasteiger partial charge on any atom is 0.226 e. The Balaban J connectivity index is 2.94. The molecule has 0 atom stereocenters. The van der Waals surface area contributed by atoms with Gasteiger partial charge in [-0.1, -0.05) is 0 Å². The highest BCUT2D eigenvalue weighted by atomic mass is 16.5. The van der Waals surface area contributed by atoms with Gasteiger partial charge < -0.3 is 10.5 Å². The number of anilines is 1. The van der Waals surface area contributed by atoms with Gasteiger partial charge in [-0.2, -0.15) is 4.98 Å². The van der Waals surface area contributed by atoms with E-state index >= 15 is 0 Å². The monoisotopic (exact) mass is 124 g/mol. The van der Waals surface area contributed by atoms with E-state index < -0.39 is 0 Å². The van der Waals surface area contributed by atoms with Crippen LogP contribution in [0, 0.1) is 6.07 Å². The second-order valence-corrected chi connectivity index (χ2v) is 1.38. The van der Waals surface area contributed by atoms with Crippen LogP contribution in [0.3, 0.4) is 0 Å². The second-order valence-electron chi connectivity index (χ2n) is 1.38. The van der Waals surface area contributed by atoms with Gasteiger partial charge in [-0.15, -0.1) is 0 Å². The Kier molecular flexibility index (Phi) is 1.48. The van der Waals surface area contributed by atoms with Crippen molar-refractivity contribution in [3.8, 4) is 5.88 Å². The zero-order chi connectivity index (χ0) is 6.69. The van der Waals surface area contributed by atoms with E-state index in [1.165, 1.54) is 13.3 Å². The van der Waals surface area contributed by atoms with E-state index in [4.69, 9.17) is 10.5 Å². The highest BCUT2D eigenvalue weighted by Crippen LogP contribution is 2.01. The number of methoxy groups -OCH3 is 1. The lowest BCUT2D eigenvalue weighted by atomic mass is 10.6. The summed E-state index contributed by atoms with van der Waals surface area (Å²) in [7, 11) is 1.50. The van der Waals surface area contributed by atoms with E-state index in [0.29, 0.717) is 5.88 Å². The second kappa shape index (κ2) is 2.30. The normalized spacial score (nSPS) is 9.00. The topological polar surface area (TPSA) is 61.0 Å². The van der Waals surface area contributed by atoms with Crippen molar-refractivity contribution in [3.63, 3.8) is 0 Å². The summed E-state index contributed by atoms with van der Waals surface area (Å²) in [6, 6.07) is 2.63. The summed E-state index contributed by atoms with van der Waals surface area (Å²) in [5.41, 5.74) is 5.21. The molecule has 0 saturated heterocycles. The van der Waals surface area contributed by atoms with Gasteiger partial charge >= 0.3 is 0 Å². The van der Waals surface area contributed by atoms with E-state index in [1.54, 1.807) is 0 Å². The van der Waals surface area contributed by atoms with Crippen LogP contribution in [-0.2, 0) is 0 Å². The van der Waals surface area contributed by atoms with Crippen LogP contribution in [0.1, 0.15) is 0 Å². The Hall–Kier alpha value is -1.32. The Morgan fingerprint density at radius 1 is 1.78 bits per heavy atom. The first-order chi connectivity index (χ1) is 4.33. The zero-order valence-electron chi connectivity index (χ0n) is 4.96. The average Bonchev–Trinajstić information content (AvgIpc) is 1.88. The fourth-order valence-corrected chi connectivity index (χ4v) is 0.423. The molecule has 0 aliphatic heterocycles. The molecule has 0 amide bonds. The molecule has 0 unspecified atom stereocenters. The van der Waals surface area contributed by atoms with Crippen LogP contribution in [-0.4, -0.2) is 17.1 Å². The van der Waals surface area contributed by atoms with E-state index in [-0.39, 0.29) is 5.95 Å². The van der Waals surface area contributed by atoms with Crippen molar-refractivity contribution >= 4 is 5.95 Å². The van der Waals surface area contributed by atoms with Gasteiger partial charge in [-0.25, -0.2) is 4.98 Å². The summed E-state index contributed by atoms with van der Waals surface area (Å²) < 4.78 is 4.71. The quantitative estimate of drug-likeness (QED) is 0.566. The molecular weight excluding hydrogens is 118 g/mol. The summed E-state index contributed by atoms with van der Waals surface area (Å²) in [6.07, 6.45) is 1.42. The molecule has 1 radical (unpaired) electrons. The highest BCUT2D eigenvalue weighted by Gasteiger charge is 1.91. The van der Waals surface area contributed by atoms with Gasteiger partial charge in [0.25, 0.3) is 0 Å². The van der Waals surface area contributed by atoms with Gasteiger partial charge in [0.05, 0.1) is 13.2 Å². The molecule has 1 aromatic rings. The minimum absolute atomic E-state index is 0.200. The van der Waals surface area contributed by atoms with Crippen molar-refractivity contribution in [2.24, 2.45) is 0 Å². The molecule has 0 aliphatic carbocycles. The van der Waals surface area contributed by atoms with E-state index in [2.05, 4.69) is 16.0 Å². The van der Waals surface area contributed by atoms with E-state index in [0.717, 1.165) is 0 Å². The minimum atomic E-state index is 0.200. The van der Waals surface area contributed by atoms with Gasteiger partial charge in [0.1, 0.15) is 0 Å². The van der Waals surface area contributed by atoms with Crippen molar-refractivity contribution in [1.29, 1.82) is 0 Å². The molecule has 0 fully saturated rings. The van der Waals surface area contributed by atoms with Crippen molar-refractivity contribution in [3.05, 3.63) is 12.3 Å². The highest BCUT2D eigenvalue weighted by molar-refractivity contribution is 5.19. The molecule has 0 aliphatic rings. The first-order valence-electron chi connectivity index (χ1n) is 2.37. The molecule has 1 heterocycles. The van der Waals surface area contributed by atoms with Crippen LogP contribution in [0.5, 0.6) is 5.88 Å². The molecule has 9 heavy (non-hydrogen) atoms. The third-order valence-electron chi connectivity index (χ3n) is 0.794. The molecular formula is C5H6N3O. The summed E-state index contributed by atoms with van der Waals surface area (Å²) in [6.45, 7) is 0. The molecule has 2 N–H and O–H groups in total. The Bertz CT molecular complexity index is 201. The van der Waals surface area contributed by atoms with Gasteiger partial charge in [0.2, 0.25) is 11.8 Å². The Labute approximate surface area is 52.7 Å². The van der Waals surface area contributed by atoms with Gasteiger partial charge in [0.15, 0.2) is 0 Å². The smallest absolute Gasteiger partial charge is 0.226 e. The third kappa shape index (κ3) is 1.28. The van der Waals surface area contributed by atoms with Crippen molar-refractivity contribution in [2.45, 2.75) is 0 Å². The SMILES string of the molecule is COc1[c]cnc(N)n1.